The van der Waals surface area contributed by atoms with Crippen LogP contribution in [0, 0.1) is 6.92 Å². The summed E-state index contributed by atoms with van der Waals surface area (Å²) < 4.78 is 28.2. The number of amides is 1. The number of rotatable bonds is 3. The molecule has 0 unspecified atom stereocenters. The van der Waals surface area contributed by atoms with Gasteiger partial charge in [0.05, 0.1) is 10.6 Å². The van der Waals surface area contributed by atoms with Crippen molar-refractivity contribution in [1.29, 1.82) is 0 Å². The average Bonchev–Trinajstić information content (AvgIpc) is 2.82. The molecule has 0 N–H and O–H groups in total. The summed E-state index contributed by atoms with van der Waals surface area (Å²) in [6, 6.07) is 20.2. The first kappa shape index (κ1) is 20.8. The topological polar surface area (TPSA) is 57.7 Å². The van der Waals surface area contributed by atoms with Crippen LogP contribution >= 0.6 is 0 Å². The smallest absolute Gasteiger partial charge is 0.264 e. The Morgan fingerprint density at radius 1 is 0.812 bits per heavy atom. The van der Waals surface area contributed by atoms with Crippen LogP contribution in [0.25, 0.3) is 0 Å². The zero-order valence-electron chi connectivity index (χ0n) is 18.1. The predicted molar refractivity (Wildman–Crippen MR) is 127 cm³/mol. The van der Waals surface area contributed by atoms with Gasteiger partial charge in [0, 0.05) is 24.3 Å². The summed E-state index contributed by atoms with van der Waals surface area (Å²) in [6.45, 7) is 3.18. The molecule has 0 atom stereocenters. The van der Waals surface area contributed by atoms with Crippen molar-refractivity contribution in [2.24, 2.45) is 0 Å². The average molecular weight is 447 g/mol. The first-order valence-corrected chi connectivity index (χ1v) is 12.5. The third kappa shape index (κ3) is 3.58. The summed E-state index contributed by atoms with van der Waals surface area (Å²) in [5, 5.41) is 0. The lowest BCUT2D eigenvalue weighted by Gasteiger charge is -2.31. The van der Waals surface area contributed by atoms with Gasteiger partial charge in [-0.05, 0) is 80.1 Å². The monoisotopic (exact) mass is 446 g/mol. The van der Waals surface area contributed by atoms with Gasteiger partial charge in [0.2, 0.25) is 0 Å². The molecule has 32 heavy (non-hydrogen) atoms. The normalized spacial score (nSPS) is 15.8. The van der Waals surface area contributed by atoms with Gasteiger partial charge in [-0.15, -0.1) is 0 Å². The minimum atomic E-state index is -3.69. The van der Waals surface area contributed by atoms with Gasteiger partial charge in [-0.1, -0.05) is 35.9 Å². The van der Waals surface area contributed by atoms with E-state index in [-0.39, 0.29) is 10.8 Å². The van der Waals surface area contributed by atoms with Gasteiger partial charge in [0.25, 0.3) is 15.9 Å². The van der Waals surface area contributed by atoms with E-state index in [1.54, 1.807) is 24.3 Å². The van der Waals surface area contributed by atoms with Crippen LogP contribution in [0.5, 0.6) is 0 Å². The molecule has 5 rings (SSSR count). The zero-order valence-corrected chi connectivity index (χ0v) is 18.9. The molecule has 0 aromatic heterocycles. The van der Waals surface area contributed by atoms with Crippen LogP contribution in [0.3, 0.4) is 0 Å². The summed E-state index contributed by atoms with van der Waals surface area (Å²) in [6.07, 6.45) is 3.56. The fourth-order valence-corrected chi connectivity index (χ4v) is 6.28. The minimum Gasteiger partial charge on any atom is -0.308 e. The Hall–Kier alpha value is -3.12. The van der Waals surface area contributed by atoms with Gasteiger partial charge in [0.1, 0.15) is 0 Å². The van der Waals surface area contributed by atoms with Gasteiger partial charge in [-0.3, -0.25) is 9.10 Å². The van der Waals surface area contributed by atoms with E-state index in [1.807, 2.05) is 41.3 Å². The van der Waals surface area contributed by atoms with Crippen molar-refractivity contribution in [3.63, 3.8) is 0 Å². The molecule has 0 radical (unpaired) electrons. The second-order valence-electron chi connectivity index (χ2n) is 8.53. The lowest BCUT2D eigenvalue weighted by atomic mass is 9.99. The van der Waals surface area contributed by atoms with Gasteiger partial charge >= 0.3 is 0 Å². The molecule has 0 aliphatic carbocycles. The fourth-order valence-electron chi connectivity index (χ4n) is 4.74. The molecule has 2 aliphatic rings. The van der Waals surface area contributed by atoms with E-state index in [2.05, 4.69) is 13.0 Å². The molecule has 5 nitrogen and oxygen atoms in total. The molecule has 3 aromatic rings. The van der Waals surface area contributed by atoms with Crippen molar-refractivity contribution >= 4 is 27.3 Å². The van der Waals surface area contributed by atoms with Crippen LogP contribution in [0.1, 0.15) is 39.9 Å². The van der Waals surface area contributed by atoms with E-state index in [0.29, 0.717) is 18.7 Å². The Bertz CT molecular complexity index is 1280. The number of hydrogen-bond acceptors (Lipinski definition) is 3. The Labute approximate surface area is 189 Å². The zero-order chi connectivity index (χ0) is 22.3. The molecule has 2 aliphatic heterocycles. The molecule has 164 valence electrons. The van der Waals surface area contributed by atoms with Crippen LogP contribution in [-0.2, 0) is 22.9 Å². The number of sulfonamides is 1. The highest BCUT2D eigenvalue weighted by Crippen LogP contribution is 2.33. The number of nitrogens with zero attached hydrogens (tertiary/aromatic N) is 2. The van der Waals surface area contributed by atoms with Crippen molar-refractivity contribution in [1.82, 2.24) is 0 Å². The van der Waals surface area contributed by atoms with E-state index < -0.39 is 10.0 Å². The summed E-state index contributed by atoms with van der Waals surface area (Å²) in [4.78, 5) is 15.3. The largest absolute Gasteiger partial charge is 0.308 e. The van der Waals surface area contributed by atoms with Gasteiger partial charge < -0.3 is 4.90 Å². The molecular weight excluding hydrogens is 420 g/mol. The van der Waals surface area contributed by atoms with Crippen molar-refractivity contribution < 1.29 is 13.2 Å². The summed E-state index contributed by atoms with van der Waals surface area (Å²) in [5.74, 6) is -0.0953. The van der Waals surface area contributed by atoms with Crippen molar-refractivity contribution in [2.75, 3.05) is 22.3 Å². The summed E-state index contributed by atoms with van der Waals surface area (Å²) >= 11 is 0. The maximum Gasteiger partial charge on any atom is 0.264 e. The Balaban J connectivity index is 1.42. The SMILES string of the molecule is Cc1ccc2c(c1)CCCN2C(=O)c1ccc(S(=O)(=O)N2CCCc3ccccc32)cc1. The van der Waals surface area contributed by atoms with Crippen molar-refractivity contribution in [2.45, 2.75) is 37.5 Å². The van der Waals surface area contributed by atoms with E-state index >= 15 is 0 Å². The van der Waals surface area contributed by atoms with Crippen LogP contribution in [0.15, 0.2) is 71.6 Å². The highest BCUT2D eigenvalue weighted by molar-refractivity contribution is 7.92. The van der Waals surface area contributed by atoms with Crippen molar-refractivity contribution in [3.05, 3.63) is 89.0 Å². The molecule has 2 heterocycles. The Morgan fingerprint density at radius 3 is 2.34 bits per heavy atom. The van der Waals surface area contributed by atoms with Crippen LogP contribution < -0.4 is 9.21 Å². The van der Waals surface area contributed by atoms with E-state index in [0.717, 1.165) is 42.6 Å². The standard InChI is InChI=1S/C26H26N2O3S/c1-19-10-15-24-22(18-19)8-4-16-27(24)26(29)21-11-13-23(14-12-21)32(30,31)28-17-5-7-20-6-2-3-9-25(20)28/h2-3,6,9-15,18H,4-5,7-8,16-17H2,1H3. The van der Waals surface area contributed by atoms with Crippen molar-refractivity contribution in [3.8, 4) is 0 Å². The number of para-hydroxylation sites is 1. The number of aryl methyl sites for hydroxylation is 3. The number of fused-ring (bicyclic) bond motifs is 2. The molecule has 0 saturated carbocycles. The van der Waals surface area contributed by atoms with E-state index in [4.69, 9.17) is 0 Å². The van der Waals surface area contributed by atoms with Gasteiger partial charge in [0.15, 0.2) is 0 Å². The maximum atomic E-state index is 13.4. The summed E-state index contributed by atoms with van der Waals surface area (Å²) in [5.41, 5.74) is 5.62. The van der Waals surface area contributed by atoms with Crippen LogP contribution in [0.4, 0.5) is 11.4 Å². The second kappa shape index (κ2) is 8.10. The van der Waals surface area contributed by atoms with Crippen LogP contribution in [0.2, 0.25) is 0 Å². The number of carbonyl (C=O) groups is 1. The fraction of sp³-hybridized carbons (Fsp3) is 0.269. The van der Waals surface area contributed by atoms with E-state index in [1.165, 1.54) is 15.4 Å². The third-order valence-electron chi connectivity index (χ3n) is 6.36. The summed E-state index contributed by atoms with van der Waals surface area (Å²) in [7, 11) is -3.69. The molecular formula is C26H26N2O3S. The molecule has 3 aromatic carbocycles. The highest BCUT2D eigenvalue weighted by atomic mass is 32.2. The van der Waals surface area contributed by atoms with Gasteiger partial charge in [-0.2, -0.15) is 0 Å². The third-order valence-corrected chi connectivity index (χ3v) is 8.18. The molecule has 0 spiro atoms. The number of benzene rings is 3. The molecule has 0 fully saturated rings. The minimum absolute atomic E-state index is 0.0953. The number of anilines is 2. The first-order valence-electron chi connectivity index (χ1n) is 11.1. The van der Waals surface area contributed by atoms with E-state index in [9.17, 15) is 13.2 Å². The quantitative estimate of drug-likeness (QED) is 0.584. The molecule has 0 bridgehead atoms. The van der Waals surface area contributed by atoms with Crippen LogP contribution in [-0.4, -0.2) is 27.4 Å². The lowest BCUT2D eigenvalue weighted by molar-refractivity contribution is 0.0985. The first-order chi connectivity index (χ1) is 15.4. The number of carbonyl (C=O) groups excluding carboxylic acids is 1. The lowest BCUT2D eigenvalue weighted by Crippen LogP contribution is -2.36. The molecule has 0 saturated heterocycles. The molecule has 1 amide bonds. The predicted octanol–water partition coefficient (Wildman–Crippen LogP) is 4.73. The Morgan fingerprint density at radius 2 is 1.53 bits per heavy atom. The highest BCUT2D eigenvalue weighted by Gasteiger charge is 2.29. The number of hydrogen-bond donors (Lipinski definition) is 0. The van der Waals surface area contributed by atoms with Gasteiger partial charge in [-0.25, -0.2) is 8.42 Å². The second-order valence-corrected chi connectivity index (χ2v) is 10.4. The maximum absolute atomic E-state index is 13.4. The molecule has 6 heteroatoms. The Kier molecular flexibility index (Phi) is 5.25.